The lowest BCUT2D eigenvalue weighted by molar-refractivity contribution is 0.0259. The summed E-state index contributed by atoms with van der Waals surface area (Å²) in [4.78, 5) is 0. The first-order chi connectivity index (χ1) is 6.11. The Morgan fingerprint density at radius 3 is 2.69 bits per heavy atom. The van der Waals surface area contributed by atoms with Crippen LogP contribution in [0.3, 0.4) is 0 Å². The predicted octanol–water partition coefficient (Wildman–Crippen LogP) is 0.469. The Bertz CT molecular complexity index is 295. The average Bonchev–Trinajstić information content (AvgIpc) is 2.33. The van der Waals surface area contributed by atoms with Gasteiger partial charge in [-0.2, -0.15) is 5.10 Å². The molecule has 4 nitrogen and oxygen atoms in total. The highest BCUT2D eigenvalue weighted by Gasteiger charge is 2.35. The molecule has 1 aliphatic heterocycles. The summed E-state index contributed by atoms with van der Waals surface area (Å²) in [6, 6.07) is 0. The second-order valence-electron chi connectivity index (χ2n) is 3.91. The second-order valence-corrected chi connectivity index (χ2v) is 3.91. The number of rotatable bonds is 2. The summed E-state index contributed by atoms with van der Waals surface area (Å²) in [5.74, 6) is 0.879. The Kier molecular flexibility index (Phi) is 1.80. The molecular weight excluding hydrogens is 166 g/mol. The molecule has 1 aromatic heterocycles. The van der Waals surface area contributed by atoms with Crippen LogP contribution in [-0.2, 0) is 7.05 Å². The van der Waals surface area contributed by atoms with Gasteiger partial charge >= 0.3 is 0 Å². The first kappa shape index (κ1) is 8.56. The molecule has 0 amide bonds. The highest BCUT2D eigenvalue weighted by Crippen LogP contribution is 2.23. The van der Waals surface area contributed by atoms with E-state index < -0.39 is 0 Å². The number of hydrogen-bond acceptors (Lipinski definition) is 3. The lowest BCUT2D eigenvalue weighted by Crippen LogP contribution is -2.61. The average molecular weight is 181 g/mol. The van der Waals surface area contributed by atoms with Gasteiger partial charge in [-0.15, -0.1) is 0 Å². The summed E-state index contributed by atoms with van der Waals surface area (Å²) < 4.78 is 7.65. The van der Waals surface area contributed by atoms with E-state index in [1.807, 2.05) is 20.2 Å². The second kappa shape index (κ2) is 2.73. The molecule has 4 heteroatoms. The quantitative estimate of drug-likeness (QED) is 0.721. The largest absolute Gasteiger partial charge is 0.469 e. The van der Waals surface area contributed by atoms with E-state index >= 15 is 0 Å². The van der Waals surface area contributed by atoms with Gasteiger partial charge in [0.2, 0.25) is 5.88 Å². The topological polar surface area (TPSA) is 39.1 Å². The van der Waals surface area contributed by atoms with Crippen LogP contribution in [0.2, 0.25) is 0 Å². The molecule has 0 saturated carbocycles. The first-order valence-electron chi connectivity index (χ1n) is 4.49. The van der Waals surface area contributed by atoms with E-state index in [-0.39, 0.29) is 5.60 Å². The normalized spacial score (nSPS) is 19.6. The predicted molar refractivity (Wildman–Crippen MR) is 49.8 cm³/mol. The molecule has 1 fully saturated rings. The highest BCUT2D eigenvalue weighted by molar-refractivity contribution is 5.23. The zero-order chi connectivity index (χ0) is 9.47. The fourth-order valence-corrected chi connectivity index (χ4v) is 1.47. The minimum Gasteiger partial charge on any atom is -0.469 e. The van der Waals surface area contributed by atoms with Crippen molar-refractivity contribution in [2.75, 3.05) is 13.1 Å². The number of aromatic nitrogens is 2. The molecule has 0 unspecified atom stereocenters. The minimum absolute atomic E-state index is 0.0431. The van der Waals surface area contributed by atoms with Gasteiger partial charge < -0.3 is 10.1 Å². The van der Waals surface area contributed by atoms with Crippen molar-refractivity contribution >= 4 is 0 Å². The van der Waals surface area contributed by atoms with Crippen molar-refractivity contribution in [3.63, 3.8) is 0 Å². The molecule has 0 bridgehead atoms. The highest BCUT2D eigenvalue weighted by atomic mass is 16.5. The van der Waals surface area contributed by atoms with Crippen LogP contribution in [0, 0.1) is 6.92 Å². The molecule has 72 valence electrons. The summed E-state index contributed by atoms with van der Waals surface area (Å²) in [5, 5.41) is 7.33. The van der Waals surface area contributed by atoms with Crippen LogP contribution in [-0.4, -0.2) is 28.5 Å². The lowest BCUT2D eigenvalue weighted by Gasteiger charge is -2.39. The Hall–Kier alpha value is -1.03. The van der Waals surface area contributed by atoms with Crippen molar-refractivity contribution in [1.29, 1.82) is 0 Å². The third-order valence-corrected chi connectivity index (χ3v) is 2.40. The molecule has 1 aliphatic rings. The fourth-order valence-electron chi connectivity index (χ4n) is 1.47. The Morgan fingerprint density at radius 2 is 2.31 bits per heavy atom. The molecule has 1 N–H and O–H groups in total. The standard InChI is InChI=1S/C9H15N3O/c1-7-4-11-12(3)8(7)13-9(2)5-10-6-9/h4,10H,5-6H2,1-3H3. The lowest BCUT2D eigenvalue weighted by atomic mass is 10.0. The molecule has 0 aliphatic carbocycles. The Labute approximate surface area is 77.9 Å². The summed E-state index contributed by atoms with van der Waals surface area (Å²) in [6.07, 6.45) is 1.82. The third-order valence-electron chi connectivity index (χ3n) is 2.40. The number of aryl methyl sites for hydroxylation is 2. The molecule has 0 atom stereocenters. The van der Waals surface area contributed by atoms with Crippen molar-refractivity contribution in [2.45, 2.75) is 19.4 Å². The van der Waals surface area contributed by atoms with Gasteiger partial charge in [0.1, 0.15) is 5.60 Å². The molecule has 1 saturated heterocycles. The van der Waals surface area contributed by atoms with Crippen LogP contribution in [0.4, 0.5) is 0 Å². The zero-order valence-electron chi connectivity index (χ0n) is 8.29. The number of hydrogen-bond donors (Lipinski definition) is 1. The van der Waals surface area contributed by atoms with Gasteiger partial charge in [0.05, 0.1) is 6.20 Å². The van der Waals surface area contributed by atoms with E-state index in [9.17, 15) is 0 Å². The number of nitrogens with one attached hydrogen (secondary N) is 1. The van der Waals surface area contributed by atoms with Crippen LogP contribution in [0.25, 0.3) is 0 Å². The van der Waals surface area contributed by atoms with E-state index in [2.05, 4.69) is 17.3 Å². The minimum atomic E-state index is -0.0431. The summed E-state index contributed by atoms with van der Waals surface area (Å²) in [7, 11) is 1.90. The fraction of sp³-hybridized carbons (Fsp3) is 0.667. The monoisotopic (exact) mass is 181 g/mol. The summed E-state index contributed by atoms with van der Waals surface area (Å²) in [5.41, 5.74) is 1.05. The SMILES string of the molecule is Cc1cnn(C)c1OC1(C)CNC1. The van der Waals surface area contributed by atoms with E-state index in [1.54, 1.807) is 4.68 Å². The van der Waals surface area contributed by atoms with Gasteiger partial charge in [0.25, 0.3) is 0 Å². The Balaban J connectivity index is 2.17. The summed E-state index contributed by atoms with van der Waals surface area (Å²) >= 11 is 0. The maximum atomic E-state index is 5.88. The van der Waals surface area contributed by atoms with E-state index in [0.29, 0.717) is 0 Å². The maximum Gasteiger partial charge on any atom is 0.215 e. The Morgan fingerprint density at radius 1 is 1.62 bits per heavy atom. The van der Waals surface area contributed by atoms with E-state index in [4.69, 9.17) is 4.74 Å². The van der Waals surface area contributed by atoms with Crippen LogP contribution in [0.15, 0.2) is 6.20 Å². The van der Waals surface area contributed by atoms with Gasteiger partial charge in [-0.1, -0.05) is 0 Å². The molecule has 1 aromatic rings. The zero-order valence-corrected chi connectivity index (χ0v) is 8.29. The molecule has 2 rings (SSSR count). The first-order valence-corrected chi connectivity index (χ1v) is 4.49. The van der Waals surface area contributed by atoms with E-state index in [1.165, 1.54) is 0 Å². The molecule has 0 spiro atoms. The van der Waals surface area contributed by atoms with Crippen LogP contribution < -0.4 is 10.1 Å². The molecular formula is C9H15N3O. The van der Waals surface area contributed by atoms with Gasteiger partial charge in [-0.25, -0.2) is 4.68 Å². The van der Waals surface area contributed by atoms with Crippen molar-refractivity contribution in [3.8, 4) is 5.88 Å². The van der Waals surface area contributed by atoms with Gasteiger partial charge in [0, 0.05) is 25.7 Å². The molecule has 0 aromatic carbocycles. The number of nitrogens with zero attached hydrogens (tertiary/aromatic N) is 2. The maximum absolute atomic E-state index is 5.88. The molecule has 2 heterocycles. The van der Waals surface area contributed by atoms with Crippen molar-refractivity contribution in [2.24, 2.45) is 7.05 Å². The van der Waals surface area contributed by atoms with Gasteiger partial charge in [-0.05, 0) is 13.8 Å². The van der Waals surface area contributed by atoms with Gasteiger partial charge in [0.15, 0.2) is 0 Å². The third kappa shape index (κ3) is 1.42. The van der Waals surface area contributed by atoms with Crippen molar-refractivity contribution in [1.82, 2.24) is 15.1 Å². The van der Waals surface area contributed by atoms with Crippen LogP contribution in [0.5, 0.6) is 5.88 Å². The summed E-state index contributed by atoms with van der Waals surface area (Å²) in [6.45, 7) is 5.95. The number of ether oxygens (including phenoxy) is 1. The van der Waals surface area contributed by atoms with Crippen LogP contribution in [0.1, 0.15) is 12.5 Å². The van der Waals surface area contributed by atoms with E-state index in [0.717, 1.165) is 24.5 Å². The smallest absolute Gasteiger partial charge is 0.215 e. The van der Waals surface area contributed by atoms with Crippen molar-refractivity contribution < 1.29 is 4.74 Å². The van der Waals surface area contributed by atoms with Crippen LogP contribution >= 0.6 is 0 Å². The molecule has 0 radical (unpaired) electrons. The molecule has 13 heavy (non-hydrogen) atoms. The van der Waals surface area contributed by atoms with Gasteiger partial charge in [-0.3, -0.25) is 0 Å². The van der Waals surface area contributed by atoms with Crippen molar-refractivity contribution in [3.05, 3.63) is 11.8 Å².